The molecule has 2 heterocycles. The number of rotatable bonds is 8. The molecule has 1 N–H and O–H groups in total. The highest BCUT2D eigenvalue weighted by Gasteiger charge is 2.20. The highest BCUT2D eigenvalue weighted by molar-refractivity contribution is 5.98. The number of imidazole rings is 1. The Balaban J connectivity index is 1.56. The second-order valence-electron chi connectivity index (χ2n) is 8.18. The minimum Gasteiger partial charge on any atom is -0.497 e. The second-order valence-corrected chi connectivity index (χ2v) is 8.18. The number of aromatic nitrogens is 3. The topological polar surface area (TPSA) is 69.3 Å². The van der Waals surface area contributed by atoms with Crippen LogP contribution in [0, 0.1) is 13.8 Å². The summed E-state index contributed by atoms with van der Waals surface area (Å²) in [6.07, 6.45) is 0.110. The van der Waals surface area contributed by atoms with Gasteiger partial charge in [-0.15, -0.1) is 0 Å². The third-order valence-electron chi connectivity index (χ3n) is 6.02. The fourth-order valence-corrected chi connectivity index (χ4v) is 4.27. The molecule has 0 fully saturated rings. The summed E-state index contributed by atoms with van der Waals surface area (Å²) >= 11 is 0. The van der Waals surface area contributed by atoms with Crippen LogP contribution in [-0.4, -0.2) is 32.1 Å². The Kier molecular flexibility index (Phi) is 6.15. The molecule has 0 amide bonds. The minimum absolute atomic E-state index is 0.0128. The maximum Gasteiger partial charge on any atom is 0.184 e. The summed E-state index contributed by atoms with van der Waals surface area (Å²) < 4.78 is 9.25. The molecule has 0 saturated heterocycles. The average molecular weight is 432 g/mol. The molecule has 2 aromatic carbocycles. The van der Waals surface area contributed by atoms with Crippen LogP contribution in [0.3, 0.4) is 0 Å². The fraction of sp³-hybridized carbons (Fsp3) is 0.308. The maximum absolute atomic E-state index is 13.3. The van der Waals surface area contributed by atoms with Gasteiger partial charge < -0.3 is 19.0 Å². The highest BCUT2D eigenvalue weighted by Crippen LogP contribution is 2.23. The lowest BCUT2D eigenvalue weighted by Crippen LogP contribution is -2.15. The van der Waals surface area contributed by atoms with Crippen molar-refractivity contribution >= 4 is 16.8 Å². The number of Topliss-reactive ketones (excluding diaryl/α,β-unsaturated/α-hetero) is 1. The Bertz CT molecular complexity index is 1250. The number of carbonyl (C=O) groups is 1. The van der Waals surface area contributed by atoms with Gasteiger partial charge in [-0.05, 0) is 63.1 Å². The number of hydrogen-bond acceptors (Lipinski definition) is 4. The van der Waals surface area contributed by atoms with Gasteiger partial charge in [-0.25, -0.2) is 4.98 Å². The van der Waals surface area contributed by atoms with Crippen molar-refractivity contribution in [3.8, 4) is 5.75 Å². The molecule has 0 saturated carbocycles. The molecule has 0 aliphatic rings. The zero-order chi connectivity index (χ0) is 22.8. The van der Waals surface area contributed by atoms with Crippen molar-refractivity contribution in [2.75, 3.05) is 7.11 Å². The van der Waals surface area contributed by atoms with E-state index < -0.39 is 6.10 Å². The van der Waals surface area contributed by atoms with Crippen molar-refractivity contribution in [2.24, 2.45) is 0 Å². The number of ketones is 1. The van der Waals surface area contributed by atoms with Crippen molar-refractivity contribution in [2.45, 2.75) is 46.4 Å². The monoisotopic (exact) mass is 431 g/mol. The summed E-state index contributed by atoms with van der Waals surface area (Å²) in [7, 11) is 1.66. The first-order valence-corrected chi connectivity index (χ1v) is 10.8. The van der Waals surface area contributed by atoms with Gasteiger partial charge in [0.05, 0.1) is 24.7 Å². The average Bonchev–Trinajstić information content (AvgIpc) is 3.30. The van der Waals surface area contributed by atoms with Crippen LogP contribution in [0.5, 0.6) is 5.75 Å². The number of para-hydroxylation sites is 2. The molecule has 0 aliphatic heterocycles. The van der Waals surface area contributed by atoms with Gasteiger partial charge in [0.15, 0.2) is 5.78 Å². The molecule has 166 valence electrons. The largest absolute Gasteiger partial charge is 0.497 e. The number of aliphatic hydroxyl groups is 1. The number of hydrogen-bond donors (Lipinski definition) is 1. The Morgan fingerprint density at radius 3 is 2.50 bits per heavy atom. The molecule has 1 atom stereocenters. The predicted molar refractivity (Wildman–Crippen MR) is 125 cm³/mol. The number of benzene rings is 2. The Morgan fingerprint density at radius 1 is 1.09 bits per heavy atom. The Labute approximate surface area is 188 Å². The lowest BCUT2D eigenvalue weighted by Gasteiger charge is -2.12. The second kappa shape index (κ2) is 9.01. The van der Waals surface area contributed by atoms with Gasteiger partial charge in [-0.1, -0.05) is 24.3 Å². The number of carbonyl (C=O) groups excluding carboxylic acids is 1. The molecule has 0 aliphatic carbocycles. The van der Waals surface area contributed by atoms with Crippen LogP contribution in [0.25, 0.3) is 11.0 Å². The first-order chi connectivity index (χ1) is 15.4. The maximum atomic E-state index is 13.3. The van der Waals surface area contributed by atoms with Crippen molar-refractivity contribution in [3.05, 3.63) is 82.9 Å². The van der Waals surface area contributed by atoms with Crippen LogP contribution in [-0.2, 0) is 19.5 Å². The van der Waals surface area contributed by atoms with Gasteiger partial charge in [0.1, 0.15) is 17.7 Å². The molecule has 4 rings (SSSR count). The van der Waals surface area contributed by atoms with Crippen LogP contribution in [0.1, 0.15) is 46.2 Å². The molecule has 0 bridgehead atoms. The summed E-state index contributed by atoms with van der Waals surface area (Å²) in [6, 6.07) is 17.7. The molecular formula is C26H29N3O3. The van der Waals surface area contributed by atoms with Gasteiger partial charge in [0.2, 0.25) is 0 Å². The van der Waals surface area contributed by atoms with E-state index in [2.05, 4.69) is 21.7 Å². The number of fused-ring (bicyclic) bond motifs is 1. The lowest BCUT2D eigenvalue weighted by molar-refractivity contribution is 0.0967. The van der Waals surface area contributed by atoms with Gasteiger partial charge in [0.25, 0.3) is 0 Å². The zero-order valence-electron chi connectivity index (χ0n) is 19.0. The number of aliphatic hydroxyl groups excluding tert-OH is 1. The van der Waals surface area contributed by atoms with Gasteiger partial charge >= 0.3 is 0 Å². The summed E-state index contributed by atoms with van der Waals surface area (Å²) in [5.41, 5.74) is 5.59. The number of nitrogens with zero attached hydrogens (tertiary/aromatic N) is 3. The molecule has 6 nitrogen and oxygen atoms in total. The van der Waals surface area contributed by atoms with Gasteiger partial charge in [-0.3, -0.25) is 4.79 Å². The SMILES string of the molecule is COc1ccc(CCn2c(C)cc(C(=O)Cn3c(C(C)O)nc4ccccc43)c2C)cc1. The summed E-state index contributed by atoms with van der Waals surface area (Å²) in [5, 5.41) is 10.2. The molecule has 1 unspecified atom stereocenters. The summed E-state index contributed by atoms with van der Waals surface area (Å²) in [5.74, 6) is 1.37. The van der Waals surface area contributed by atoms with Crippen molar-refractivity contribution < 1.29 is 14.6 Å². The predicted octanol–water partition coefficient (Wildman–Crippen LogP) is 4.64. The summed E-state index contributed by atoms with van der Waals surface area (Å²) in [6.45, 7) is 6.64. The number of aryl methyl sites for hydroxylation is 2. The van der Waals surface area contributed by atoms with E-state index in [0.717, 1.165) is 41.1 Å². The van der Waals surface area contributed by atoms with Crippen molar-refractivity contribution in [3.63, 3.8) is 0 Å². The normalized spacial score (nSPS) is 12.3. The van der Waals surface area contributed by atoms with Crippen LogP contribution in [0.2, 0.25) is 0 Å². The van der Waals surface area contributed by atoms with E-state index >= 15 is 0 Å². The molecule has 6 heteroatoms. The van der Waals surface area contributed by atoms with Crippen LogP contribution >= 0.6 is 0 Å². The number of methoxy groups -OCH3 is 1. The van der Waals surface area contributed by atoms with E-state index in [1.807, 2.05) is 60.9 Å². The minimum atomic E-state index is -0.757. The third-order valence-corrected chi connectivity index (χ3v) is 6.02. The molecule has 0 radical (unpaired) electrons. The van der Waals surface area contributed by atoms with Crippen molar-refractivity contribution in [1.82, 2.24) is 14.1 Å². The fourth-order valence-electron chi connectivity index (χ4n) is 4.27. The van der Waals surface area contributed by atoms with E-state index in [1.54, 1.807) is 14.0 Å². The van der Waals surface area contributed by atoms with Crippen molar-refractivity contribution in [1.29, 1.82) is 0 Å². The standard InChI is InChI=1S/C26H29N3O3/c1-17-15-22(18(2)28(17)14-13-20-9-11-21(32-4)12-10-20)25(31)16-29-24-8-6-5-7-23(24)27-26(29)19(3)30/h5-12,15,19,30H,13-14,16H2,1-4H3. The van der Waals surface area contributed by atoms with Gasteiger partial charge in [0, 0.05) is 23.5 Å². The third kappa shape index (κ3) is 4.18. The first kappa shape index (κ1) is 21.8. The molecule has 2 aromatic heterocycles. The van der Waals surface area contributed by atoms with Crippen LogP contribution in [0.15, 0.2) is 54.6 Å². The molecule has 32 heavy (non-hydrogen) atoms. The quantitative estimate of drug-likeness (QED) is 0.413. The Hall–Kier alpha value is -3.38. The van der Waals surface area contributed by atoms with E-state index in [0.29, 0.717) is 11.4 Å². The lowest BCUT2D eigenvalue weighted by atomic mass is 10.1. The number of ether oxygens (including phenoxy) is 1. The van der Waals surface area contributed by atoms with Gasteiger partial charge in [-0.2, -0.15) is 0 Å². The summed E-state index contributed by atoms with van der Waals surface area (Å²) in [4.78, 5) is 17.8. The van der Waals surface area contributed by atoms with E-state index in [4.69, 9.17) is 4.74 Å². The first-order valence-electron chi connectivity index (χ1n) is 10.8. The highest BCUT2D eigenvalue weighted by atomic mass is 16.5. The van der Waals surface area contributed by atoms with Crippen LogP contribution < -0.4 is 4.74 Å². The van der Waals surface area contributed by atoms with Crippen LogP contribution in [0.4, 0.5) is 0 Å². The molecular weight excluding hydrogens is 402 g/mol. The molecule has 0 spiro atoms. The van der Waals surface area contributed by atoms with E-state index in [9.17, 15) is 9.90 Å². The Morgan fingerprint density at radius 2 is 1.81 bits per heavy atom. The zero-order valence-corrected chi connectivity index (χ0v) is 19.0. The smallest absolute Gasteiger partial charge is 0.184 e. The van der Waals surface area contributed by atoms with E-state index in [1.165, 1.54) is 5.56 Å². The molecule has 4 aromatic rings. The van der Waals surface area contributed by atoms with E-state index in [-0.39, 0.29) is 12.3 Å².